The van der Waals surface area contributed by atoms with E-state index in [-0.39, 0.29) is 18.0 Å². The standard InChI is InChI=1S/C18H22N4O/c1-14(16-13-19-10-11-20-16)21(2)17-9-6-12-22(18(17)23)15-7-4-3-5-8-15/h3-5,7-8,10-11,13-14,17H,6,9,12H2,1-2H3. The van der Waals surface area contributed by atoms with E-state index in [1.807, 2.05) is 42.3 Å². The van der Waals surface area contributed by atoms with E-state index in [2.05, 4.69) is 21.8 Å². The average molecular weight is 310 g/mol. The van der Waals surface area contributed by atoms with Gasteiger partial charge in [-0.1, -0.05) is 18.2 Å². The van der Waals surface area contributed by atoms with Gasteiger partial charge in [0.25, 0.3) is 0 Å². The van der Waals surface area contributed by atoms with Crippen LogP contribution in [0.1, 0.15) is 31.5 Å². The molecule has 0 spiro atoms. The number of aromatic nitrogens is 2. The predicted molar refractivity (Wildman–Crippen MR) is 90.0 cm³/mol. The largest absolute Gasteiger partial charge is 0.311 e. The van der Waals surface area contributed by atoms with E-state index in [4.69, 9.17) is 0 Å². The third-order valence-electron chi connectivity index (χ3n) is 4.59. The SMILES string of the molecule is CC(c1cnccn1)N(C)C1CCCN(c2ccccc2)C1=O. The second kappa shape index (κ2) is 6.87. The number of benzene rings is 1. The van der Waals surface area contributed by atoms with Gasteiger partial charge in [0, 0.05) is 30.8 Å². The minimum Gasteiger partial charge on any atom is -0.311 e. The fourth-order valence-electron chi connectivity index (χ4n) is 3.10. The first kappa shape index (κ1) is 15.6. The van der Waals surface area contributed by atoms with Crippen LogP contribution in [0, 0.1) is 0 Å². The van der Waals surface area contributed by atoms with E-state index >= 15 is 0 Å². The van der Waals surface area contributed by atoms with Gasteiger partial charge in [-0.25, -0.2) is 0 Å². The van der Waals surface area contributed by atoms with Crippen molar-refractivity contribution in [1.29, 1.82) is 0 Å². The van der Waals surface area contributed by atoms with Gasteiger partial charge in [-0.15, -0.1) is 0 Å². The zero-order valence-electron chi connectivity index (χ0n) is 13.6. The maximum absolute atomic E-state index is 13.0. The first-order valence-corrected chi connectivity index (χ1v) is 8.03. The number of likely N-dealkylation sites (N-methyl/N-ethyl adjacent to an activating group) is 1. The summed E-state index contributed by atoms with van der Waals surface area (Å²) in [6.45, 7) is 2.85. The summed E-state index contributed by atoms with van der Waals surface area (Å²) in [7, 11) is 2.00. The smallest absolute Gasteiger partial charge is 0.244 e. The van der Waals surface area contributed by atoms with Crippen molar-refractivity contribution in [2.24, 2.45) is 0 Å². The Balaban J connectivity index is 1.78. The van der Waals surface area contributed by atoms with E-state index < -0.39 is 0 Å². The Kier molecular flexibility index (Phi) is 4.67. The maximum atomic E-state index is 13.0. The van der Waals surface area contributed by atoms with Gasteiger partial charge < -0.3 is 4.90 Å². The lowest BCUT2D eigenvalue weighted by atomic mass is 10.0. The minimum absolute atomic E-state index is 0.0494. The highest BCUT2D eigenvalue weighted by Gasteiger charge is 2.34. The molecule has 1 aromatic heterocycles. The van der Waals surface area contributed by atoms with E-state index in [1.54, 1.807) is 18.6 Å². The van der Waals surface area contributed by atoms with Crippen LogP contribution in [0.3, 0.4) is 0 Å². The van der Waals surface area contributed by atoms with Crippen LogP contribution in [0.15, 0.2) is 48.9 Å². The molecular formula is C18H22N4O. The van der Waals surface area contributed by atoms with Crippen molar-refractivity contribution >= 4 is 11.6 Å². The van der Waals surface area contributed by atoms with Crippen LogP contribution >= 0.6 is 0 Å². The highest BCUT2D eigenvalue weighted by Crippen LogP contribution is 2.27. The molecule has 2 heterocycles. The molecule has 0 bridgehead atoms. The monoisotopic (exact) mass is 310 g/mol. The van der Waals surface area contributed by atoms with Crippen LogP contribution < -0.4 is 4.90 Å². The molecule has 0 N–H and O–H groups in total. The number of para-hydroxylation sites is 1. The highest BCUT2D eigenvalue weighted by atomic mass is 16.2. The molecule has 0 radical (unpaired) electrons. The van der Waals surface area contributed by atoms with Crippen molar-refractivity contribution in [3.05, 3.63) is 54.6 Å². The molecule has 1 fully saturated rings. The quantitative estimate of drug-likeness (QED) is 0.871. The molecule has 2 unspecified atom stereocenters. The first-order chi connectivity index (χ1) is 11.2. The van der Waals surface area contributed by atoms with E-state index in [9.17, 15) is 4.79 Å². The average Bonchev–Trinajstić information content (AvgIpc) is 2.62. The van der Waals surface area contributed by atoms with E-state index in [1.165, 1.54) is 0 Å². The Morgan fingerprint density at radius 2 is 2.04 bits per heavy atom. The molecule has 2 atom stereocenters. The fraction of sp³-hybridized carbons (Fsp3) is 0.389. The number of nitrogens with zero attached hydrogens (tertiary/aromatic N) is 4. The number of piperidine rings is 1. The molecule has 2 aromatic rings. The molecule has 3 rings (SSSR count). The number of amides is 1. The van der Waals surface area contributed by atoms with Crippen LogP contribution in [-0.2, 0) is 4.79 Å². The molecule has 1 aromatic carbocycles. The Labute approximate surface area is 137 Å². The first-order valence-electron chi connectivity index (χ1n) is 8.03. The summed E-state index contributed by atoms with van der Waals surface area (Å²) in [6, 6.07) is 9.82. The normalized spacial score (nSPS) is 19.9. The fourth-order valence-corrected chi connectivity index (χ4v) is 3.10. The van der Waals surface area contributed by atoms with Gasteiger partial charge in [0.15, 0.2) is 0 Å². The van der Waals surface area contributed by atoms with Gasteiger partial charge in [0.05, 0.1) is 17.8 Å². The lowest BCUT2D eigenvalue weighted by Gasteiger charge is -2.39. The van der Waals surface area contributed by atoms with Crippen LogP contribution in [0.4, 0.5) is 5.69 Å². The van der Waals surface area contributed by atoms with Gasteiger partial charge >= 0.3 is 0 Å². The summed E-state index contributed by atoms with van der Waals surface area (Å²) in [5, 5.41) is 0. The van der Waals surface area contributed by atoms with Crippen molar-refractivity contribution in [3.63, 3.8) is 0 Å². The number of carbonyl (C=O) groups is 1. The molecule has 5 heteroatoms. The second-order valence-electron chi connectivity index (χ2n) is 5.96. The topological polar surface area (TPSA) is 49.3 Å². The highest BCUT2D eigenvalue weighted by molar-refractivity contribution is 5.97. The van der Waals surface area contributed by atoms with Crippen LogP contribution in [0.5, 0.6) is 0 Å². The Morgan fingerprint density at radius 1 is 1.26 bits per heavy atom. The summed E-state index contributed by atoms with van der Waals surface area (Å²) in [4.78, 5) is 25.5. The molecular weight excluding hydrogens is 288 g/mol. The van der Waals surface area contributed by atoms with E-state index in [0.717, 1.165) is 30.8 Å². The molecule has 23 heavy (non-hydrogen) atoms. The molecule has 120 valence electrons. The summed E-state index contributed by atoms with van der Waals surface area (Å²) in [6.07, 6.45) is 7.01. The zero-order chi connectivity index (χ0) is 16.2. The number of anilines is 1. The summed E-state index contributed by atoms with van der Waals surface area (Å²) >= 11 is 0. The van der Waals surface area contributed by atoms with Crippen molar-refractivity contribution < 1.29 is 4.79 Å². The summed E-state index contributed by atoms with van der Waals surface area (Å²) in [5.41, 5.74) is 1.86. The van der Waals surface area contributed by atoms with Crippen molar-refractivity contribution in [3.8, 4) is 0 Å². The van der Waals surface area contributed by atoms with E-state index in [0.29, 0.717) is 0 Å². The van der Waals surface area contributed by atoms with Crippen LogP contribution in [0.25, 0.3) is 0 Å². The summed E-state index contributed by atoms with van der Waals surface area (Å²) in [5.74, 6) is 0.167. The predicted octanol–water partition coefficient (Wildman–Crippen LogP) is 2.67. The number of hydrogen-bond acceptors (Lipinski definition) is 4. The second-order valence-corrected chi connectivity index (χ2v) is 5.96. The van der Waals surface area contributed by atoms with Crippen LogP contribution in [0.2, 0.25) is 0 Å². The zero-order valence-corrected chi connectivity index (χ0v) is 13.6. The molecule has 1 aliphatic heterocycles. The van der Waals surface area contributed by atoms with Crippen molar-refractivity contribution in [2.75, 3.05) is 18.5 Å². The number of carbonyl (C=O) groups excluding carboxylic acids is 1. The maximum Gasteiger partial charge on any atom is 0.244 e. The van der Waals surface area contributed by atoms with Gasteiger partial charge in [-0.2, -0.15) is 0 Å². The van der Waals surface area contributed by atoms with Crippen molar-refractivity contribution in [1.82, 2.24) is 14.9 Å². The van der Waals surface area contributed by atoms with Gasteiger partial charge in [0.2, 0.25) is 5.91 Å². The van der Waals surface area contributed by atoms with Crippen molar-refractivity contribution in [2.45, 2.75) is 31.8 Å². The number of rotatable bonds is 4. The summed E-state index contributed by atoms with van der Waals surface area (Å²) < 4.78 is 0. The van der Waals surface area contributed by atoms with Gasteiger partial charge in [0.1, 0.15) is 0 Å². The van der Waals surface area contributed by atoms with Gasteiger partial charge in [-0.3, -0.25) is 19.7 Å². The Bertz CT molecular complexity index is 647. The molecule has 1 aliphatic rings. The molecule has 1 amide bonds. The lowest BCUT2D eigenvalue weighted by molar-refractivity contribution is -0.125. The molecule has 0 aliphatic carbocycles. The lowest BCUT2D eigenvalue weighted by Crippen LogP contribution is -2.52. The molecule has 5 nitrogen and oxygen atoms in total. The minimum atomic E-state index is -0.124. The number of hydrogen-bond donors (Lipinski definition) is 0. The van der Waals surface area contributed by atoms with Gasteiger partial charge in [-0.05, 0) is 38.9 Å². The Morgan fingerprint density at radius 3 is 2.74 bits per heavy atom. The Hall–Kier alpha value is -2.27. The third kappa shape index (κ3) is 3.24. The molecule has 1 saturated heterocycles. The van der Waals surface area contributed by atoms with Crippen LogP contribution in [-0.4, -0.2) is 40.4 Å². The third-order valence-corrected chi connectivity index (χ3v) is 4.59. The molecule has 0 saturated carbocycles.